The Kier molecular flexibility index (Phi) is 4.94. The Balaban J connectivity index is 2.13. The molecule has 0 fully saturated rings. The number of hydrogen-bond acceptors (Lipinski definition) is 5. The molecule has 3 rings (SSSR count). The molecule has 1 aromatic heterocycles. The Labute approximate surface area is 152 Å². The monoisotopic (exact) mass is 373 g/mol. The van der Waals surface area contributed by atoms with Crippen molar-refractivity contribution < 1.29 is 17.9 Å². The normalized spacial score (nSPS) is 15.4. The van der Waals surface area contributed by atoms with E-state index in [1.165, 1.54) is 19.3 Å². The second kappa shape index (κ2) is 7.17. The molecule has 1 N–H and O–H groups in total. The van der Waals surface area contributed by atoms with Crippen LogP contribution in [0.15, 0.2) is 59.3 Å². The lowest BCUT2D eigenvalue weighted by Gasteiger charge is -2.30. The molecule has 0 unspecified atom stereocenters. The Morgan fingerprint density at radius 1 is 1.19 bits per heavy atom. The van der Waals surface area contributed by atoms with Crippen molar-refractivity contribution in [2.45, 2.75) is 18.2 Å². The standard InChI is InChI=1S/C18H19N3O4S/c1-3-12-25-17-13-8-4-5-9-14(13)26(23,24)21(2)16(17)18(22)20-15-10-6-7-11-19-15/h4-11H,3,12H2,1-2H3,(H,19,20,22). The van der Waals surface area contributed by atoms with E-state index in [0.717, 1.165) is 10.7 Å². The SMILES string of the molecule is CCCOC1=C(C(=O)Nc2ccccn2)N(C)S(=O)(=O)c2ccccc21. The molecule has 26 heavy (non-hydrogen) atoms. The number of pyridine rings is 1. The van der Waals surface area contributed by atoms with Gasteiger partial charge in [0.05, 0.1) is 11.5 Å². The summed E-state index contributed by atoms with van der Waals surface area (Å²) >= 11 is 0. The third kappa shape index (κ3) is 3.15. The van der Waals surface area contributed by atoms with Gasteiger partial charge in [0.1, 0.15) is 5.82 Å². The highest BCUT2D eigenvalue weighted by atomic mass is 32.2. The maximum atomic E-state index is 12.9. The van der Waals surface area contributed by atoms with Crippen LogP contribution >= 0.6 is 0 Å². The fourth-order valence-corrected chi connectivity index (χ4v) is 4.02. The second-order valence-corrected chi connectivity index (χ2v) is 7.60. The van der Waals surface area contributed by atoms with Crippen LogP contribution in [0, 0.1) is 0 Å². The molecule has 0 bridgehead atoms. The molecule has 2 aromatic rings. The number of nitrogens with one attached hydrogen (secondary N) is 1. The summed E-state index contributed by atoms with van der Waals surface area (Å²) < 4.78 is 32.4. The molecule has 1 aromatic carbocycles. The van der Waals surface area contributed by atoms with Gasteiger partial charge in [-0.1, -0.05) is 25.1 Å². The number of aromatic nitrogens is 1. The van der Waals surface area contributed by atoms with E-state index in [4.69, 9.17) is 4.74 Å². The first-order valence-corrected chi connectivity index (χ1v) is 9.58. The van der Waals surface area contributed by atoms with Gasteiger partial charge < -0.3 is 10.1 Å². The topological polar surface area (TPSA) is 88.6 Å². The van der Waals surface area contributed by atoms with Gasteiger partial charge in [-0.2, -0.15) is 0 Å². The van der Waals surface area contributed by atoms with Gasteiger partial charge in [0.15, 0.2) is 11.5 Å². The van der Waals surface area contributed by atoms with E-state index in [9.17, 15) is 13.2 Å². The molecule has 0 radical (unpaired) electrons. The summed E-state index contributed by atoms with van der Waals surface area (Å²) in [5, 5.41) is 2.62. The first kappa shape index (κ1) is 17.9. The number of sulfonamides is 1. The molecule has 0 saturated heterocycles. The van der Waals surface area contributed by atoms with Gasteiger partial charge in [0.2, 0.25) is 0 Å². The van der Waals surface area contributed by atoms with Gasteiger partial charge in [-0.15, -0.1) is 0 Å². The smallest absolute Gasteiger partial charge is 0.277 e. The van der Waals surface area contributed by atoms with Gasteiger partial charge in [-0.3, -0.25) is 9.10 Å². The molecule has 2 heterocycles. The van der Waals surface area contributed by atoms with Crippen LogP contribution in [-0.4, -0.2) is 37.3 Å². The summed E-state index contributed by atoms with van der Waals surface area (Å²) in [5.74, 6) is -0.0342. The number of hydrogen-bond donors (Lipinski definition) is 1. The summed E-state index contributed by atoms with van der Waals surface area (Å²) in [6, 6.07) is 11.6. The van der Waals surface area contributed by atoms with Crippen LogP contribution in [0.2, 0.25) is 0 Å². The Hall–Kier alpha value is -2.87. The van der Waals surface area contributed by atoms with Crippen molar-refractivity contribution in [3.8, 4) is 0 Å². The largest absolute Gasteiger partial charge is 0.490 e. The minimum atomic E-state index is -3.85. The van der Waals surface area contributed by atoms with E-state index in [1.807, 2.05) is 6.92 Å². The fourth-order valence-electron chi connectivity index (χ4n) is 2.63. The molecule has 136 valence electrons. The minimum Gasteiger partial charge on any atom is -0.490 e. The molecule has 0 saturated carbocycles. The summed E-state index contributed by atoms with van der Waals surface area (Å²) in [4.78, 5) is 17.0. The number of rotatable bonds is 5. The van der Waals surface area contributed by atoms with Crippen LogP contribution in [0.4, 0.5) is 5.82 Å². The van der Waals surface area contributed by atoms with Crippen LogP contribution in [0.3, 0.4) is 0 Å². The van der Waals surface area contributed by atoms with Crippen molar-refractivity contribution in [1.29, 1.82) is 0 Å². The number of amides is 1. The number of anilines is 1. The Morgan fingerprint density at radius 2 is 1.92 bits per heavy atom. The zero-order valence-corrected chi connectivity index (χ0v) is 15.3. The number of likely N-dealkylation sites (N-methyl/N-ethyl adjacent to an activating group) is 1. The summed E-state index contributed by atoms with van der Waals surface area (Å²) in [6.07, 6.45) is 2.26. The quantitative estimate of drug-likeness (QED) is 0.870. The van der Waals surface area contributed by atoms with Crippen LogP contribution < -0.4 is 5.32 Å². The first-order chi connectivity index (χ1) is 12.5. The predicted octanol–water partition coefficient (Wildman–Crippen LogP) is 2.45. The van der Waals surface area contributed by atoms with Gasteiger partial charge in [-0.05, 0) is 30.7 Å². The molecule has 7 nitrogen and oxygen atoms in total. The highest BCUT2D eigenvalue weighted by molar-refractivity contribution is 7.89. The zero-order valence-electron chi connectivity index (χ0n) is 14.5. The zero-order chi connectivity index (χ0) is 18.7. The number of benzene rings is 1. The molecular weight excluding hydrogens is 354 g/mol. The van der Waals surface area contributed by atoms with Crippen molar-refractivity contribution in [3.63, 3.8) is 0 Å². The highest BCUT2D eigenvalue weighted by Crippen LogP contribution is 2.36. The van der Waals surface area contributed by atoms with E-state index in [-0.39, 0.29) is 16.4 Å². The highest BCUT2D eigenvalue weighted by Gasteiger charge is 2.38. The van der Waals surface area contributed by atoms with E-state index in [2.05, 4.69) is 10.3 Å². The number of carbonyl (C=O) groups excluding carboxylic acids is 1. The van der Waals surface area contributed by atoms with Gasteiger partial charge >= 0.3 is 0 Å². The Morgan fingerprint density at radius 3 is 2.62 bits per heavy atom. The van der Waals surface area contributed by atoms with E-state index in [0.29, 0.717) is 18.0 Å². The summed E-state index contributed by atoms with van der Waals surface area (Å²) in [5.41, 5.74) is 0.313. The molecule has 0 aliphatic carbocycles. The van der Waals surface area contributed by atoms with E-state index >= 15 is 0 Å². The molecule has 1 aliphatic rings. The minimum absolute atomic E-state index is 0.0668. The van der Waals surface area contributed by atoms with Crippen LogP contribution in [0.25, 0.3) is 5.76 Å². The number of ether oxygens (including phenoxy) is 1. The van der Waals surface area contributed by atoms with Gasteiger partial charge in [-0.25, -0.2) is 13.4 Å². The first-order valence-electron chi connectivity index (χ1n) is 8.14. The number of nitrogens with zero attached hydrogens (tertiary/aromatic N) is 2. The van der Waals surface area contributed by atoms with Crippen molar-refractivity contribution in [2.75, 3.05) is 19.0 Å². The Bertz CT molecular complexity index is 955. The summed E-state index contributed by atoms with van der Waals surface area (Å²) in [6.45, 7) is 2.29. The van der Waals surface area contributed by atoms with E-state index in [1.54, 1.807) is 36.4 Å². The van der Waals surface area contributed by atoms with Crippen molar-refractivity contribution in [2.24, 2.45) is 0 Å². The average molecular weight is 373 g/mol. The predicted molar refractivity (Wildman–Crippen MR) is 97.4 cm³/mol. The molecule has 0 spiro atoms. The molecule has 1 aliphatic heterocycles. The number of fused-ring (bicyclic) bond motifs is 1. The lowest BCUT2D eigenvalue weighted by atomic mass is 10.1. The van der Waals surface area contributed by atoms with Crippen LogP contribution in [0.5, 0.6) is 0 Å². The van der Waals surface area contributed by atoms with E-state index < -0.39 is 15.9 Å². The van der Waals surface area contributed by atoms with Crippen LogP contribution in [-0.2, 0) is 19.6 Å². The number of carbonyl (C=O) groups is 1. The maximum absolute atomic E-state index is 12.9. The van der Waals surface area contributed by atoms with Gasteiger partial charge in [0, 0.05) is 18.8 Å². The molecule has 8 heteroatoms. The van der Waals surface area contributed by atoms with Crippen LogP contribution in [0.1, 0.15) is 18.9 Å². The lowest BCUT2D eigenvalue weighted by Crippen LogP contribution is -2.37. The van der Waals surface area contributed by atoms with Gasteiger partial charge in [0.25, 0.3) is 15.9 Å². The average Bonchev–Trinajstić information content (AvgIpc) is 2.64. The maximum Gasteiger partial charge on any atom is 0.277 e. The molecule has 1 amide bonds. The third-order valence-corrected chi connectivity index (χ3v) is 5.69. The summed E-state index contributed by atoms with van der Waals surface area (Å²) in [7, 11) is -2.51. The fraction of sp³-hybridized carbons (Fsp3) is 0.222. The molecule has 0 atom stereocenters. The second-order valence-electron chi connectivity index (χ2n) is 5.66. The van der Waals surface area contributed by atoms with Crippen molar-refractivity contribution >= 4 is 27.5 Å². The van der Waals surface area contributed by atoms with Crippen molar-refractivity contribution in [1.82, 2.24) is 9.29 Å². The third-order valence-electron chi connectivity index (χ3n) is 3.87. The lowest BCUT2D eigenvalue weighted by molar-refractivity contribution is -0.113. The van der Waals surface area contributed by atoms with Crippen molar-refractivity contribution in [3.05, 3.63) is 59.9 Å². The molecular formula is C18H19N3O4S.